The van der Waals surface area contributed by atoms with Crippen molar-refractivity contribution in [1.82, 2.24) is 4.90 Å². The standard InChI is InChI=1S/C15H20N2O5/c1-15(2,3)17(14(19)20)11-8-22-12-7-9(21-4)5-6-10(12)16-13(11)18/h5-7,11H,8H2,1-4H3,(H,16,18)(H,19,20). The van der Waals surface area contributed by atoms with E-state index in [4.69, 9.17) is 9.47 Å². The third-order valence-corrected chi connectivity index (χ3v) is 3.39. The highest BCUT2D eigenvalue weighted by Crippen LogP contribution is 2.32. The van der Waals surface area contributed by atoms with Gasteiger partial charge in [-0.15, -0.1) is 0 Å². The zero-order valence-electron chi connectivity index (χ0n) is 13.0. The summed E-state index contributed by atoms with van der Waals surface area (Å²) in [6, 6.07) is 4.08. The van der Waals surface area contributed by atoms with Crippen LogP contribution in [-0.2, 0) is 4.79 Å². The van der Waals surface area contributed by atoms with Crippen LogP contribution in [-0.4, -0.2) is 47.3 Å². The zero-order valence-corrected chi connectivity index (χ0v) is 13.0. The molecular weight excluding hydrogens is 288 g/mol. The van der Waals surface area contributed by atoms with Gasteiger partial charge in [-0.05, 0) is 32.9 Å². The van der Waals surface area contributed by atoms with Crippen LogP contribution in [0.1, 0.15) is 20.8 Å². The molecule has 0 saturated heterocycles. The van der Waals surface area contributed by atoms with Gasteiger partial charge in [0.2, 0.25) is 0 Å². The summed E-state index contributed by atoms with van der Waals surface area (Å²) in [5.41, 5.74) is -0.238. The Labute approximate surface area is 128 Å². The maximum Gasteiger partial charge on any atom is 0.408 e. The van der Waals surface area contributed by atoms with E-state index in [-0.39, 0.29) is 6.61 Å². The number of ether oxygens (including phenoxy) is 2. The summed E-state index contributed by atoms with van der Waals surface area (Å²) in [7, 11) is 1.53. The van der Waals surface area contributed by atoms with Gasteiger partial charge >= 0.3 is 6.09 Å². The molecule has 1 atom stereocenters. The van der Waals surface area contributed by atoms with Crippen LogP contribution in [0.15, 0.2) is 18.2 Å². The quantitative estimate of drug-likeness (QED) is 0.874. The van der Waals surface area contributed by atoms with Gasteiger partial charge in [0.1, 0.15) is 24.1 Å². The molecule has 1 unspecified atom stereocenters. The molecule has 2 rings (SSSR count). The lowest BCUT2D eigenvalue weighted by Gasteiger charge is -2.37. The van der Waals surface area contributed by atoms with E-state index in [0.29, 0.717) is 17.2 Å². The minimum Gasteiger partial charge on any atom is -0.497 e. The first-order chi connectivity index (χ1) is 10.2. The van der Waals surface area contributed by atoms with Crippen LogP contribution in [0, 0.1) is 0 Å². The zero-order chi connectivity index (χ0) is 16.5. The molecule has 0 aliphatic carbocycles. The number of amides is 2. The van der Waals surface area contributed by atoms with Gasteiger partial charge < -0.3 is 19.9 Å². The summed E-state index contributed by atoms with van der Waals surface area (Å²) in [6.07, 6.45) is -1.17. The highest BCUT2D eigenvalue weighted by molar-refractivity contribution is 5.98. The Balaban J connectivity index is 2.32. The molecule has 1 aliphatic rings. The first kappa shape index (κ1) is 15.9. The summed E-state index contributed by atoms with van der Waals surface area (Å²) in [4.78, 5) is 25.0. The molecule has 1 heterocycles. The Hall–Kier alpha value is -2.44. The van der Waals surface area contributed by atoms with Crippen molar-refractivity contribution >= 4 is 17.7 Å². The topological polar surface area (TPSA) is 88.1 Å². The summed E-state index contributed by atoms with van der Waals surface area (Å²) in [5, 5.41) is 12.1. The molecule has 0 radical (unpaired) electrons. The van der Waals surface area contributed by atoms with Crippen molar-refractivity contribution in [2.24, 2.45) is 0 Å². The van der Waals surface area contributed by atoms with Gasteiger partial charge in [-0.3, -0.25) is 9.69 Å². The van der Waals surface area contributed by atoms with Crippen molar-refractivity contribution in [3.63, 3.8) is 0 Å². The maximum absolute atomic E-state index is 12.4. The molecule has 2 amide bonds. The fraction of sp³-hybridized carbons (Fsp3) is 0.467. The van der Waals surface area contributed by atoms with Crippen LogP contribution in [0.2, 0.25) is 0 Å². The number of carbonyl (C=O) groups is 2. The number of carbonyl (C=O) groups excluding carboxylic acids is 1. The highest BCUT2D eigenvalue weighted by atomic mass is 16.5. The average Bonchev–Trinajstić information content (AvgIpc) is 2.56. The van der Waals surface area contributed by atoms with Crippen molar-refractivity contribution in [1.29, 1.82) is 0 Å². The lowest BCUT2D eigenvalue weighted by molar-refractivity contribution is -0.123. The molecule has 1 aliphatic heterocycles. The van der Waals surface area contributed by atoms with Gasteiger partial charge in [0, 0.05) is 11.6 Å². The molecule has 7 nitrogen and oxygen atoms in total. The third-order valence-electron chi connectivity index (χ3n) is 3.39. The van der Waals surface area contributed by atoms with Gasteiger partial charge in [0.05, 0.1) is 12.8 Å². The van der Waals surface area contributed by atoms with Crippen molar-refractivity contribution in [3.8, 4) is 11.5 Å². The van der Waals surface area contributed by atoms with E-state index in [0.717, 1.165) is 4.90 Å². The van der Waals surface area contributed by atoms with Crippen molar-refractivity contribution in [2.45, 2.75) is 32.4 Å². The molecule has 1 aromatic rings. The summed E-state index contributed by atoms with van der Waals surface area (Å²) in [6.45, 7) is 5.13. The van der Waals surface area contributed by atoms with E-state index in [9.17, 15) is 14.7 Å². The maximum atomic E-state index is 12.4. The number of rotatable bonds is 2. The molecule has 0 aromatic heterocycles. The van der Waals surface area contributed by atoms with Crippen molar-refractivity contribution in [3.05, 3.63) is 18.2 Å². The smallest absolute Gasteiger partial charge is 0.408 e. The van der Waals surface area contributed by atoms with Crippen LogP contribution in [0.3, 0.4) is 0 Å². The molecule has 2 N–H and O–H groups in total. The molecule has 0 saturated carbocycles. The number of hydrogen-bond acceptors (Lipinski definition) is 4. The Morgan fingerprint density at radius 2 is 2.14 bits per heavy atom. The van der Waals surface area contributed by atoms with Gasteiger partial charge in [0.15, 0.2) is 0 Å². The number of anilines is 1. The average molecular weight is 308 g/mol. The largest absolute Gasteiger partial charge is 0.497 e. The van der Waals surface area contributed by atoms with Crippen molar-refractivity contribution < 1.29 is 24.2 Å². The van der Waals surface area contributed by atoms with E-state index < -0.39 is 23.6 Å². The molecule has 0 fully saturated rings. The van der Waals surface area contributed by atoms with E-state index in [2.05, 4.69) is 5.32 Å². The van der Waals surface area contributed by atoms with Crippen LogP contribution in [0.4, 0.5) is 10.5 Å². The van der Waals surface area contributed by atoms with E-state index >= 15 is 0 Å². The third kappa shape index (κ3) is 3.08. The molecule has 0 spiro atoms. The van der Waals surface area contributed by atoms with Crippen LogP contribution >= 0.6 is 0 Å². The second kappa shape index (κ2) is 5.75. The molecule has 120 valence electrons. The molecule has 22 heavy (non-hydrogen) atoms. The van der Waals surface area contributed by atoms with E-state index in [1.54, 1.807) is 39.0 Å². The minimum atomic E-state index is -1.17. The highest BCUT2D eigenvalue weighted by Gasteiger charge is 2.39. The summed E-state index contributed by atoms with van der Waals surface area (Å²) < 4.78 is 10.7. The normalized spacial score (nSPS) is 17.6. The lowest BCUT2D eigenvalue weighted by atomic mass is 10.0. The van der Waals surface area contributed by atoms with Gasteiger partial charge in [-0.1, -0.05) is 0 Å². The Kier molecular flexibility index (Phi) is 4.16. The first-order valence-corrected chi connectivity index (χ1v) is 6.88. The summed E-state index contributed by atoms with van der Waals surface area (Å²) >= 11 is 0. The Morgan fingerprint density at radius 3 is 2.68 bits per heavy atom. The van der Waals surface area contributed by atoms with E-state index in [1.165, 1.54) is 7.11 Å². The Morgan fingerprint density at radius 1 is 1.45 bits per heavy atom. The monoisotopic (exact) mass is 308 g/mol. The number of benzene rings is 1. The number of methoxy groups -OCH3 is 1. The summed E-state index contributed by atoms with van der Waals surface area (Å²) in [5.74, 6) is 0.632. The van der Waals surface area contributed by atoms with Crippen LogP contribution < -0.4 is 14.8 Å². The van der Waals surface area contributed by atoms with Gasteiger partial charge in [-0.2, -0.15) is 0 Å². The van der Waals surface area contributed by atoms with Crippen LogP contribution in [0.25, 0.3) is 0 Å². The number of nitrogens with one attached hydrogen (secondary N) is 1. The molecular formula is C15H20N2O5. The fourth-order valence-corrected chi connectivity index (χ4v) is 2.39. The fourth-order valence-electron chi connectivity index (χ4n) is 2.39. The minimum absolute atomic E-state index is 0.0599. The first-order valence-electron chi connectivity index (χ1n) is 6.88. The second-order valence-electron chi connectivity index (χ2n) is 6.00. The number of carboxylic acid groups (broad SMARTS) is 1. The molecule has 0 bridgehead atoms. The Bertz CT molecular complexity index is 594. The van der Waals surface area contributed by atoms with Crippen LogP contribution in [0.5, 0.6) is 11.5 Å². The number of hydrogen-bond donors (Lipinski definition) is 2. The number of fused-ring (bicyclic) bond motifs is 1. The predicted octanol–water partition coefficient (Wildman–Crippen LogP) is 2.17. The second-order valence-corrected chi connectivity index (χ2v) is 6.00. The van der Waals surface area contributed by atoms with Gasteiger partial charge in [0.25, 0.3) is 5.91 Å². The molecule has 1 aromatic carbocycles. The number of nitrogens with zero attached hydrogens (tertiary/aromatic N) is 1. The predicted molar refractivity (Wildman–Crippen MR) is 80.5 cm³/mol. The van der Waals surface area contributed by atoms with Crippen molar-refractivity contribution in [2.75, 3.05) is 19.0 Å². The lowest BCUT2D eigenvalue weighted by Crippen LogP contribution is -2.57. The molecule has 7 heteroatoms. The van der Waals surface area contributed by atoms with E-state index in [1.807, 2.05) is 0 Å². The SMILES string of the molecule is COc1ccc2c(c1)OCC(N(C(=O)O)C(C)(C)C)C(=O)N2. The van der Waals surface area contributed by atoms with Gasteiger partial charge in [-0.25, -0.2) is 4.79 Å².